The number of carbonyl (C=O) groups is 3. The Kier molecular flexibility index (Phi) is 5.49. The second kappa shape index (κ2) is 7.99. The first-order chi connectivity index (χ1) is 12.9. The number of likely N-dealkylation sites (tertiary alicyclic amines) is 1. The molecule has 3 amide bonds. The number of hydrogen-bond acceptors (Lipinski definition) is 3. The summed E-state index contributed by atoms with van der Waals surface area (Å²) in [6.45, 7) is 1.79. The van der Waals surface area contributed by atoms with Crippen LogP contribution in [0.5, 0.6) is 0 Å². The third-order valence-electron chi connectivity index (χ3n) is 4.35. The summed E-state index contributed by atoms with van der Waals surface area (Å²) in [5.74, 6) is -1.53. The summed E-state index contributed by atoms with van der Waals surface area (Å²) in [7, 11) is 0. The topological polar surface area (TPSA) is 78.5 Å². The van der Waals surface area contributed by atoms with Gasteiger partial charge in [-0.3, -0.25) is 14.4 Å². The Hall–Kier alpha value is -3.22. The highest BCUT2D eigenvalue weighted by Crippen LogP contribution is 2.23. The second-order valence-electron chi connectivity index (χ2n) is 6.52. The summed E-state index contributed by atoms with van der Waals surface area (Å²) in [5.41, 5.74) is 1.53. The van der Waals surface area contributed by atoms with Crippen LogP contribution in [0, 0.1) is 11.7 Å². The Morgan fingerprint density at radius 3 is 2.52 bits per heavy atom. The smallest absolute Gasteiger partial charge is 0.229 e. The van der Waals surface area contributed by atoms with Gasteiger partial charge in [0.05, 0.1) is 5.92 Å². The van der Waals surface area contributed by atoms with Crippen LogP contribution in [-0.2, 0) is 20.9 Å². The van der Waals surface area contributed by atoms with Crippen molar-refractivity contribution in [1.82, 2.24) is 4.90 Å². The molecule has 0 radical (unpaired) electrons. The summed E-state index contributed by atoms with van der Waals surface area (Å²) in [4.78, 5) is 37.3. The monoisotopic (exact) mass is 369 g/mol. The van der Waals surface area contributed by atoms with E-state index in [0.717, 1.165) is 0 Å². The van der Waals surface area contributed by atoms with Gasteiger partial charge in [0.2, 0.25) is 17.7 Å². The Balaban J connectivity index is 1.62. The zero-order chi connectivity index (χ0) is 19.4. The second-order valence-corrected chi connectivity index (χ2v) is 6.52. The maximum absolute atomic E-state index is 13.8. The summed E-state index contributed by atoms with van der Waals surface area (Å²) >= 11 is 0. The molecule has 0 saturated carbocycles. The van der Waals surface area contributed by atoms with Crippen LogP contribution in [0.3, 0.4) is 0 Å². The molecule has 1 heterocycles. The van der Waals surface area contributed by atoms with E-state index >= 15 is 0 Å². The van der Waals surface area contributed by atoms with Crippen LogP contribution in [0.15, 0.2) is 48.5 Å². The molecule has 140 valence electrons. The van der Waals surface area contributed by atoms with Crippen LogP contribution in [0.2, 0.25) is 0 Å². The Labute approximate surface area is 156 Å². The molecule has 1 fully saturated rings. The molecule has 27 heavy (non-hydrogen) atoms. The van der Waals surface area contributed by atoms with E-state index in [1.165, 1.54) is 17.9 Å². The van der Waals surface area contributed by atoms with Crippen molar-refractivity contribution in [3.8, 4) is 0 Å². The molecule has 1 atom stereocenters. The van der Waals surface area contributed by atoms with Gasteiger partial charge < -0.3 is 15.5 Å². The molecular weight excluding hydrogens is 349 g/mol. The molecule has 1 saturated heterocycles. The molecule has 7 heteroatoms. The van der Waals surface area contributed by atoms with Crippen LogP contribution in [0.4, 0.5) is 15.8 Å². The minimum atomic E-state index is -0.506. The number of carbonyl (C=O) groups excluding carboxylic acids is 3. The molecule has 6 nitrogen and oxygen atoms in total. The SMILES string of the molecule is CC(=O)Nc1cccc(NC(=O)C2CC(=O)N(Cc3ccccc3F)C2)c1. The fourth-order valence-electron chi connectivity index (χ4n) is 3.06. The van der Waals surface area contributed by atoms with E-state index in [4.69, 9.17) is 0 Å². The van der Waals surface area contributed by atoms with Gasteiger partial charge in [-0.05, 0) is 24.3 Å². The molecule has 0 aromatic heterocycles. The van der Waals surface area contributed by atoms with Crippen LogP contribution < -0.4 is 10.6 Å². The number of amides is 3. The quantitative estimate of drug-likeness (QED) is 0.851. The molecule has 3 rings (SSSR count). The first-order valence-electron chi connectivity index (χ1n) is 8.62. The largest absolute Gasteiger partial charge is 0.337 e. The Morgan fingerprint density at radius 2 is 1.81 bits per heavy atom. The number of rotatable bonds is 5. The van der Waals surface area contributed by atoms with Crippen LogP contribution in [-0.4, -0.2) is 29.2 Å². The van der Waals surface area contributed by atoms with Gasteiger partial charge in [-0.2, -0.15) is 0 Å². The number of halogens is 1. The van der Waals surface area contributed by atoms with Crippen LogP contribution >= 0.6 is 0 Å². The van der Waals surface area contributed by atoms with Crippen molar-refractivity contribution in [2.24, 2.45) is 5.92 Å². The van der Waals surface area contributed by atoms with Crippen molar-refractivity contribution >= 4 is 29.1 Å². The van der Waals surface area contributed by atoms with Gasteiger partial charge >= 0.3 is 0 Å². The van der Waals surface area contributed by atoms with Gasteiger partial charge in [0, 0.05) is 43.4 Å². The molecule has 2 aromatic carbocycles. The zero-order valence-corrected chi connectivity index (χ0v) is 14.9. The fraction of sp³-hybridized carbons (Fsp3) is 0.250. The van der Waals surface area contributed by atoms with Gasteiger partial charge in [-0.25, -0.2) is 4.39 Å². The standard InChI is InChI=1S/C20H20FN3O3/c1-13(25)22-16-6-4-7-17(10-16)23-20(27)15-9-19(26)24(12-15)11-14-5-2-3-8-18(14)21/h2-8,10,15H,9,11-12H2,1H3,(H,22,25)(H,23,27). The van der Waals surface area contributed by atoms with E-state index in [0.29, 0.717) is 16.9 Å². The minimum Gasteiger partial charge on any atom is -0.337 e. The maximum atomic E-state index is 13.8. The molecule has 2 aromatic rings. The van der Waals surface area contributed by atoms with Crippen molar-refractivity contribution in [2.45, 2.75) is 19.9 Å². The average molecular weight is 369 g/mol. The summed E-state index contributed by atoms with van der Waals surface area (Å²) in [6.07, 6.45) is 0.0890. The molecule has 1 unspecified atom stereocenters. The van der Waals surface area contributed by atoms with Gasteiger partial charge in [-0.1, -0.05) is 24.3 Å². The lowest BCUT2D eigenvalue weighted by atomic mass is 10.1. The first-order valence-corrected chi connectivity index (χ1v) is 8.62. The zero-order valence-electron chi connectivity index (χ0n) is 14.9. The average Bonchev–Trinajstić information content (AvgIpc) is 2.97. The summed E-state index contributed by atoms with van der Waals surface area (Å²) < 4.78 is 13.8. The van der Waals surface area contributed by atoms with Gasteiger partial charge in [0.25, 0.3) is 0 Å². The molecule has 2 N–H and O–H groups in total. The molecule has 1 aliphatic heterocycles. The molecule has 0 spiro atoms. The maximum Gasteiger partial charge on any atom is 0.229 e. The van der Waals surface area contributed by atoms with E-state index in [1.807, 2.05) is 0 Å². The van der Waals surface area contributed by atoms with Crippen LogP contribution in [0.1, 0.15) is 18.9 Å². The highest BCUT2D eigenvalue weighted by molar-refractivity contribution is 5.98. The van der Waals surface area contributed by atoms with E-state index in [1.54, 1.807) is 42.5 Å². The van der Waals surface area contributed by atoms with Gasteiger partial charge in [0.1, 0.15) is 5.82 Å². The lowest BCUT2D eigenvalue weighted by Gasteiger charge is -2.17. The van der Waals surface area contributed by atoms with Crippen molar-refractivity contribution in [3.05, 3.63) is 59.9 Å². The minimum absolute atomic E-state index is 0.0890. The lowest BCUT2D eigenvalue weighted by Crippen LogP contribution is -2.28. The third kappa shape index (κ3) is 4.69. The first kappa shape index (κ1) is 18.6. The van der Waals surface area contributed by atoms with Crippen molar-refractivity contribution in [3.63, 3.8) is 0 Å². The predicted octanol–water partition coefficient (Wildman–Crippen LogP) is 2.77. The van der Waals surface area contributed by atoms with E-state index < -0.39 is 5.92 Å². The predicted molar refractivity (Wildman–Crippen MR) is 99.3 cm³/mol. The number of anilines is 2. The fourth-order valence-corrected chi connectivity index (χ4v) is 3.06. The third-order valence-corrected chi connectivity index (χ3v) is 4.35. The molecule has 0 aliphatic carbocycles. The summed E-state index contributed by atoms with van der Waals surface area (Å²) in [5, 5.41) is 5.42. The van der Waals surface area contributed by atoms with E-state index in [-0.39, 0.29) is 43.0 Å². The normalized spacial score (nSPS) is 16.3. The van der Waals surface area contributed by atoms with Gasteiger partial charge in [-0.15, -0.1) is 0 Å². The molecule has 0 bridgehead atoms. The van der Waals surface area contributed by atoms with Crippen LogP contribution in [0.25, 0.3) is 0 Å². The van der Waals surface area contributed by atoms with Gasteiger partial charge in [0.15, 0.2) is 0 Å². The van der Waals surface area contributed by atoms with Crippen molar-refractivity contribution in [2.75, 3.05) is 17.2 Å². The highest BCUT2D eigenvalue weighted by atomic mass is 19.1. The number of benzene rings is 2. The lowest BCUT2D eigenvalue weighted by molar-refractivity contribution is -0.128. The van der Waals surface area contributed by atoms with E-state index in [9.17, 15) is 18.8 Å². The highest BCUT2D eigenvalue weighted by Gasteiger charge is 2.34. The molecular formula is C20H20FN3O3. The molecule has 1 aliphatic rings. The Bertz CT molecular complexity index is 884. The van der Waals surface area contributed by atoms with Crippen molar-refractivity contribution < 1.29 is 18.8 Å². The summed E-state index contributed by atoms with van der Waals surface area (Å²) in [6, 6.07) is 13.1. The number of hydrogen-bond donors (Lipinski definition) is 2. The van der Waals surface area contributed by atoms with Crippen molar-refractivity contribution in [1.29, 1.82) is 0 Å². The Morgan fingerprint density at radius 1 is 1.11 bits per heavy atom. The number of nitrogens with one attached hydrogen (secondary N) is 2. The van der Waals surface area contributed by atoms with E-state index in [2.05, 4.69) is 10.6 Å². The number of nitrogens with zero attached hydrogens (tertiary/aromatic N) is 1.